The van der Waals surface area contributed by atoms with Gasteiger partial charge in [0.15, 0.2) is 0 Å². The van der Waals surface area contributed by atoms with E-state index in [1.165, 1.54) is 11.3 Å². The Morgan fingerprint density at radius 1 is 1.73 bits per heavy atom. The minimum absolute atomic E-state index is 0.127. The highest BCUT2D eigenvalue weighted by molar-refractivity contribution is 7.09. The van der Waals surface area contributed by atoms with Crippen molar-refractivity contribution in [3.63, 3.8) is 0 Å². The normalized spacial score (nSPS) is 13.6. The minimum Gasteiger partial charge on any atom is -0.343 e. The van der Waals surface area contributed by atoms with E-state index in [0.29, 0.717) is 6.42 Å². The molecule has 15 heavy (non-hydrogen) atoms. The summed E-state index contributed by atoms with van der Waals surface area (Å²) in [5.74, 6) is -0.127. The Kier molecular flexibility index (Phi) is 3.82. The summed E-state index contributed by atoms with van der Waals surface area (Å²) < 4.78 is 0. The van der Waals surface area contributed by atoms with Crippen molar-refractivity contribution in [2.45, 2.75) is 38.8 Å². The van der Waals surface area contributed by atoms with Crippen molar-refractivity contribution in [3.05, 3.63) is 16.6 Å². The van der Waals surface area contributed by atoms with Gasteiger partial charge >= 0.3 is 0 Å². The lowest BCUT2D eigenvalue weighted by Crippen LogP contribution is -2.48. The molecule has 1 heterocycles. The van der Waals surface area contributed by atoms with E-state index in [0.717, 1.165) is 5.01 Å². The third-order valence-electron chi connectivity index (χ3n) is 2.18. The summed E-state index contributed by atoms with van der Waals surface area (Å²) >= 11 is 1.52. The van der Waals surface area contributed by atoms with E-state index in [4.69, 9.17) is 5.73 Å². The van der Waals surface area contributed by atoms with E-state index in [9.17, 15) is 4.79 Å². The fourth-order valence-electron chi connectivity index (χ4n) is 1.17. The molecule has 1 aromatic rings. The van der Waals surface area contributed by atoms with Crippen LogP contribution < -0.4 is 11.1 Å². The Morgan fingerprint density at radius 2 is 2.40 bits per heavy atom. The molecule has 0 fully saturated rings. The summed E-state index contributed by atoms with van der Waals surface area (Å²) in [6, 6.07) is -0.441. The lowest BCUT2D eigenvalue weighted by molar-refractivity contribution is -0.124. The molecule has 84 valence electrons. The number of aromatic nitrogens is 1. The molecule has 4 nitrogen and oxygen atoms in total. The molecular formula is C10H17N3OS. The molecule has 0 bridgehead atoms. The number of nitrogens with zero attached hydrogens (tertiary/aromatic N) is 1. The van der Waals surface area contributed by atoms with Crippen LogP contribution in [0.1, 0.15) is 32.2 Å². The quantitative estimate of drug-likeness (QED) is 0.813. The topological polar surface area (TPSA) is 68.0 Å². The number of carbonyl (C=O) groups excluding carboxylic acids is 1. The molecule has 1 aromatic heterocycles. The summed E-state index contributed by atoms with van der Waals surface area (Å²) in [5, 5.41) is 5.67. The van der Waals surface area contributed by atoms with Crippen molar-refractivity contribution in [3.8, 4) is 0 Å². The van der Waals surface area contributed by atoms with E-state index in [2.05, 4.69) is 10.3 Å². The maximum Gasteiger partial charge on any atom is 0.237 e. The fourth-order valence-corrected chi connectivity index (χ4v) is 1.89. The molecule has 0 aromatic carbocycles. The molecule has 0 saturated carbocycles. The first-order valence-electron chi connectivity index (χ1n) is 4.95. The third kappa shape index (κ3) is 3.00. The first-order valence-corrected chi connectivity index (χ1v) is 5.83. The van der Waals surface area contributed by atoms with Gasteiger partial charge in [-0.3, -0.25) is 4.79 Å². The summed E-state index contributed by atoms with van der Waals surface area (Å²) in [6.45, 7) is 5.73. The molecule has 0 aliphatic rings. The van der Waals surface area contributed by atoms with Crippen molar-refractivity contribution in [1.29, 1.82) is 0 Å². The highest BCUT2D eigenvalue weighted by Gasteiger charge is 2.27. The molecule has 0 saturated heterocycles. The van der Waals surface area contributed by atoms with Gasteiger partial charge in [-0.25, -0.2) is 4.98 Å². The van der Waals surface area contributed by atoms with E-state index >= 15 is 0 Å². The molecule has 3 N–H and O–H groups in total. The van der Waals surface area contributed by atoms with Gasteiger partial charge in [0.05, 0.1) is 11.6 Å². The summed E-state index contributed by atoms with van der Waals surface area (Å²) in [4.78, 5) is 15.8. The molecule has 1 atom stereocenters. The molecule has 0 aliphatic carbocycles. The number of rotatable bonds is 4. The third-order valence-corrected chi connectivity index (χ3v) is 3.28. The Bertz CT molecular complexity index is 321. The van der Waals surface area contributed by atoms with Crippen LogP contribution in [-0.4, -0.2) is 16.9 Å². The Labute approximate surface area is 93.9 Å². The van der Waals surface area contributed by atoms with Gasteiger partial charge in [0.1, 0.15) is 5.01 Å². The predicted molar refractivity (Wildman–Crippen MR) is 61.5 cm³/mol. The number of nitrogens with one attached hydrogen (secondary N) is 1. The zero-order chi connectivity index (χ0) is 11.5. The first-order chi connectivity index (χ1) is 6.97. The van der Waals surface area contributed by atoms with Gasteiger partial charge in [-0.2, -0.15) is 0 Å². The lowest BCUT2D eigenvalue weighted by Gasteiger charge is -2.25. The fraction of sp³-hybridized carbons (Fsp3) is 0.600. The van der Waals surface area contributed by atoms with E-state index in [1.54, 1.807) is 6.20 Å². The molecule has 0 unspecified atom stereocenters. The highest BCUT2D eigenvalue weighted by Crippen LogP contribution is 2.21. The Morgan fingerprint density at radius 3 is 2.87 bits per heavy atom. The maximum atomic E-state index is 11.6. The van der Waals surface area contributed by atoms with Crippen LogP contribution in [0.5, 0.6) is 0 Å². The number of thiazole rings is 1. The smallest absolute Gasteiger partial charge is 0.237 e. The summed E-state index contributed by atoms with van der Waals surface area (Å²) in [5.41, 5.74) is 5.20. The summed E-state index contributed by atoms with van der Waals surface area (Å²) in [7, 11) is 0. The monoisotopic (exact) mass is 227 g/mol. The largest absolute Gasteiger partial charge is 0.343 e. The number of amides is 1. The average molecular weight is 227 g/mol. The van der Waals surface area contributed by atoms with Crippen molar-refractivity contribution >= 4 is 17.2 Å². The van der Waals surface area contributed by atoms with Crippen LogP contribution in [0.15, 0.2) is 11.6 Å². The Hall–Kier alpha value is -0.940. The van der Waals surface area contributed by atoms with Gasteiger partial charge < -0.3 is 11.1 Å². The molecule has 0 radical (unpaired) electrons. The van der Waals surface area contributed by atoms with Gasteiger partial charge in [-0.15, -0.1) is 11.3 Å². The number of hydrogen-bond donors (Lipinski definition) is 2. The van der Waals surface area contributed by atoms with Gasteiger partial charge in [-0.1, -0.05) is 6.92 Å². The van der Waals surface area contributed by atoms with E-state index < -0.39 is 11.6 Å². The molecule has 5 heteroatoms. The van der Waals surface area contributed by atoms with Crippen LogP contribution in [0.4, 0.5) is 0 Å². The summed E-state index contributed by atoms with van der Waals surface area (Å²) in [6.07, 6.45) is 2.37. The molecule has 0 aliphatic heterocycles. The van der Waals surface area contributed by atoms with Crippen LogP contribution in [-0.2, 0) is 10.3 Å². The van der Waals surface area contributed by atoms with Crippen molar-refractivity contribution in [2.24, 2.45) is 5.73 Å². The predicted octanol–water partition coefficient (Wildman–Crippen LogP) is 1.23. The first kappa shape index (κ1) is 12.1. The SMILES string of the molecule is CC[C@H](N)C(=O)NC(C)(C)c1nccs1. The van der Waals surface area contributed by atoms with Crippen LogP contribution in [0.2, 0.25) is 0 Å². The maximum absolute atomic E-state index is 11.6. The van der Waals surface area contributed by atoms with Gasteiger partial charge in [0.2, 0.25) is 5.91 Å². The van der Waals surface area contributed by atoms with Crippen molar-refractivity contribution in [1.82, 2.24) is 10.3 Å². The number of carbonyl (C=O) groups is 1. The number of hydrogen-bond acceptors (Lipinski definition) is 4. The molecule has 1 amide bonds. The molecule has 0 spiro atoms. The Balaban J connectivity index is 2.69. The van der Waals surface area contributed by atoms with E-state index in [-0.39, 0.29) is 5.91 Å². The average Bonchev–Trinajstić information content (AvgIpc) is 2.69. The molecule has 1 rings (SSSR count). The van der Waals surface area contributed by atoms with E-state index in [1.807, 2.05) is 26.2 Å². The van der Waals surface area contributed by atoms with Crippen molar-refractivity contribution in [2.75, 3.05) is 0 Å². The van der Waals surface area contributed by atoms with Gasteiger partial charge in [-0.05, 0) is 20.3 Å². The number of nitrogens with two attached hydrogens (primary N) is 1. The van der Waals surface area contributed by atoms with Gasteiger partial charge in [0.25, 0.3) is 0 Å². The lowest BCUT2D eigenvalue weighted by atomic mass is 10.1. The van der Waals surface area contributed by atoms with Crippen LogP contribution in [0.3, 0.4) is 0 Å². The second-order valence-corrected chi connectivity index (χ2v) is 4.86. The minimum atomic E-state index is -0.446. The second kappa shape index (κ2) is 4.72. The van der Waals surface area contributed by atoms with Crippen LogP contribution >= 0.6 is 11.3 Å². The second-order valence-electron chi connectivity index (χ2n) is 3.97. The van der Waals surface area contributed by atoms with Crippen molar-refractivity contribution < 1.29 is 4.79 Å². The van der Waals surface area contributed by atoms with Gasteiger partial charge in [0, 0.05) is 11.6 Å². The highest BCUT2D eigenvalue weighted by atomic mass is 32.1. The zero-order valence-corrected chi connectivity index (χ0v) is 10.1. The van der Waals surface area contributed by atoms with Crippen LogP contribution in [0.25, 0.3) is 0 Å². The zero-order valence-electron chi connectivity index (χ0n) is 9.28. The van der Waals surface area contributed by atoms with Crippen LogP contribution in [0, 0.1) is 0 Å². The molecular weight excluding hydrogens is 210 g/mol. The standard InChI is InChI=1S/C10H17N3OS/c1-4-7(11)8(14)13-10(2,3)9-12-5-6-15-9/h5-7H,4,11H2,1-3H3,(H,13,14)/t7-/m0/s1.